The molecule has 0 saturated carbocycles. The van der Waals surface area contributed by atoms with Crippen LogP contribution >= 0.6 is 0 Å². The fourth-order valence-corrected chi connectivity index (χ4v) is 1.86. The Morgan fingerprint density at radius 1 is 1.20 bits per heavy atom. The molecule has 134 valence electrons. The van der Waals surface area contributed by atoms with Crippen molar-refractivity contribution in [2.24, 2.45) is 5.16 Å². The first-order valence-electron chi connectivity index (χ1n) is 7.75. The van der Waals surface area contributed by atoms with E-state index in [0.29, 0.717) is 11.3 Å². The van der Waals surface area contributed by atoms with E-state index < -0.39 is 10.7 Å². The Labute approximate surface area is 146 Å². The van der Waals surface area contributed by atoms with Crippen LogP contribution in [-0.4, -0.2) is 17.7 Å². The Balaban J connectivity index is 0.00000151. The molecule has 0 saturated heterocycles. The van der Waals surface area contributed by atoms with E-state index in [9.17, 15) is 14.5 Å². The third-order valence-corrected chi connectivity index (χ3v) is 3.15. The van der Waals surface area contributed by atoms with Crippen LogP contribution in [0.15, 0.2) is 47.6 Å². The van der Waals surface area contributed by atoms with Crippen molar-refractivity contribution in [3.05, 3.63) is 69.5 Å². The van der Waals surface area contributed by atoms with Crippen molar-refractivity contribution < 1.29 is 18.9 Å². The number of non-ortho nitro benzene ring substituents is 1. The van der Waals surface area contributed by atoms with Gasteiger partial charge in [0.25, 0.3) is 5.69 Å². The van der Waals surface area contributed by atoms with Gasteiger partial charge in [0.15, 0.2) is 11.6 Å². The highest BCUT2D eigenvalue weighted by Gasteiger charge is 2.06. The summed E-state index contributed by atoms with van der Waals surface area (Å²) in [6.07, 6.45) is 0. The van der Waals surface area contributed by atoms with Gasteiger partial charge in [-0.25, -0.2) is 4.39 Å². The van der Waals surface area contributed by atoms with E-state index in [1.807, 2.05) is 13.8 Å². The van der Waals surface area contributed by atoms with Crippen molar-refractivity contribution in [2.75, 3.05) is 7.11 Å². The summed E-state index contributed by atoms with van der Waals surface area (Å²) in [5.74, 6) is -0.316. The monoisotopic (exact) mass is 348 g/mol. The lowest BCUT2D eigenvalue weighted by molar-refractivity contribution is -0.384. The summed E-state index contributed by atoms with van der Waals surface area (Å²) < 4.78 is 18.5. The Hall–Kier alpha value is -2.96. The molecule has 6 nitrogen and oxygen atoms in total. The lowest BCUT2D eigenvalue weighted by atomic mass is 10.1. The smallest absolute Gasteiger partial charge is 0.269 e. The number of hydrogen-bond donors (Lipinski definition) is 0. The summed E-state index contributed by atoms with van der Waals surface area (Å²) in [6.45, 7) is 5.85. The maximum absolute atomic E-state index is 13.6. The van der Waals surface area contributed by atoms with Gasteiger partial charge in [0.05, 0.1) is 17.7 Å². The van der Waals surface area contributed by atoms with Crippen molar-refractivity contribution in [1.82, 2.24) is 0 Å². The number of rotatable bonds is 6. The molecule has 0 heterocycles. The molecule has 7 heteroatoms. The predicted molar refractivity (Wildman–Crippen MR) is 94.4 cm³/mol. The van der Waals surface area contributed by atoms with E-state index in [2.05, 4.69) is 5.16 Å². The average Bonchev–Trinajstić information content (AvgIpc) is 2.63. The number of nitro benzene ring substituents is 1. The molecule has 25 heavy (non-hydrogen) atoms. The van der Waals surface area contributed by atoms with Gasteiger partial charge in [-0.15, -0.1) is 0 Å². The summed E-state index contributed by atoms with van der Waals surface area (Å²) in [5.41, 5.74) is 1.84. The number of ether oxygens (including phenoxy) is 1. The standard InChI is InChI=1S/C16H15FN2O4.C2H6/c1-11(13-5-8-16(22-2)15(17)9-13)18-23-10-12-3-6-14(7-4-12)19(20)21;1-2/h3-9H,10H2,1-2H3;1-2H3/b18-11+;. The van der Waals surface area contributed by atoms with Crippen LogP contribution in [0, 0.1) is 15.9 Å². The average molecular weight is 348 g/mol. The first-order chi connectivity index (χ1) is 12.0. The lowest BCUT2D eigenvalue weighted by Crippen LogP contribution is -1.99. The van der Waals surface area contributed by atoms with Gasteiger partial charge in [-0.3, -0.25) is 10.1 Å². The van der Waals surface area contributed by atoms with Gasteiger partial charge in [0.1, 0.15) is 6.61 Å². The van der Waals surface area contributed by atoms with Crippen LogP contribution in [0.1, 0.15) is 31.9 Å². The molecule has 0 spiro atoms. The van der Waals surface area contributed by atoms with Gasteiger partial charge in [0.2, 0.25) is 0 Å². The van der Waals surface area contributed by atoms with E-state index in [1.165, 1.54) is 31.4 Å². The van der Waals surface area contributed by atoms with Gasteiger partial charge < -0.3 is 9.57 Å². The molecule has 0 atom stereocenters. The van der Waals surface area contributed by atoms with Crippen LogP contribution < -0.4 is 4.74 Å². The van der Waals surface area contributed by atoms with Gasteiger partial charge >= 0.3 is 0 Å². The molecule has 0 amide bonds. The highest BCUT2D eigenvalue weighted by Crippen LogP contribution is 2.18. The lowest BCUT2D eigenvalue weighted by Gasteiger charge is -2.05. The number of benzene rings is 2. The number of methoxy groups -OCH3 is 1. The van der Waals surface area contributed by atoms with Crippen LogP contribution in [0.3, 0.4) is 0 Å². The van der Waals surface area contributed by atoms with Crippen LogP contribution in [0.25, 0.3) is 0 Å². The molecule has 0 aromatic heterocycles. The van der Waals surface area contributed by atoms with Gasteiger partial charge in [-0.1, -0.05) is 19.0 Å². The zero-order chi connectivity index (χ0) is 18.8. The predicted octanol–water partition coefficient (Wildman–Crippen LogP) is 4.71. The minimum Gasteiger partial charge on any atom is -0.494 e. The maximum Gasteiger partial charge on any atom is 0.269 e. The van der Waals surface area contributed by atoms with Gasteiger partial charge in [-0.05, 0) is 42.8 Å². The van der Waals surface area contributed by atoms with Crippen molar-refractivity contribution >= 4 is 11.4 Å². The van der Waals surface area contributed by atoms with Crippen molar-refractivity contribution in [1.29, 1.82) is 0 Å². The zero-order valence-electron chi connectivity index (χ0n) is 14.7. The third-order valence-electron chi connectivity index (χ3n) is 3.15. The van der Waals surface area contributed by atoms with Crippen LogP contribution in [0.2, 0.25) is 0 Å². The van der Waals surface area contributed by atoms with Crippen LogP contribution in [0.4, 0.5) is 10.1 Å². The molecule has 0 aliphatic heterocycles. The minimum atomic E-state index is -0.477. The Morgan fingerprint density at radius 2 is 1.84 bits per heavy atom. The largest absolute Gasteiger partial charge is 0.494 e. The molecule has 0 radical (unpaired) electrons. The molecule has 0 N–H and O–H groups in total. The Morgan fingerprint density at radius 3 is 2.36 bits per heavy atom. The van der Waals surface area contributed by atoms with E-state index in [0.717, 1.165) is 5.56 Å². The summed E-state index contributed by atoms with van der Waals surface area (Å²) in [5, 5.41) is 14.5. The van der Waals surface area contributed by atoms with Crippen molar-refractivity contribution in [3.8, 4) is 5.75 Å². The SMILES string of the molecule is CC.COc1ccc(/C(C)=N/OCc2ccc([N+](=O)[O-])cc2)cc1F. The normalized spacial score (nSPS) is 10.5. The van der Waals surface area contributed by atoms with E-state index in [4.69, 9.17) is 9.57 Å². The van der Waals surface area contributed by atoms with Gasteiger partial charge in [-0.2, -0.15) is 0 Å². The van der Waals surface area contributed by atoms with E-state index >= 15 is 0 Å². The molecular weight excluding hydrogens is 327 g/mol. The fourth-order valence-electron chi connectivity index (χ4n) is 1.86. The second-order valence-corrected chi connectivity index (χ2v) is 4.72. The molecule has 2 aromatic rings. The Bertz CT molecular complexity index is 730. The van der Waals surface area contributed by atoms with Crippen LogP contribution in [-0.2, 0) is 11.4 Å². The summed E-state index contributed by atoms with van der Waals surface area (Å²) in [7, 11) is 1.40. The van der Waals surface area contributed by atoms with E-state index in [1.54, 1.807) is 25.1 Å². The van der Waals surface area contributed by atoms with E-state index in [-0.39, 0.29) is 18.0 Å². The third kappa shape index (κ3) is 5.87. The number of hydrogen-bond acceptors (Lipinski definition) is 5. The molecule has 0 bridgehead atoms. The van der Waals surface area contributed by atoms with Crippen LogP contribution in [0.5, 0.6) is 5.75 Å². The fraction of sp³-hybridized carbons (Fsp3) is 0.278. The minimum absolute atomic E-state index is 0.0159. The summed E-state index contributed by atoms with van der Waals surface area (Å²) in [6, 6.07) is 10.5. The van der Waals surface area contributed by atoms with Gasteiger partial charge in [0, 0.05) is 17.7 Å². The highest BCUT2D eigenvalue weighted by atomic mass is 19.1. The number of nitro groups is 1. The molecule has 0 unspecified atom stereocenters. The topological polar surface area (TPSA) is 74.0 Å². The van der Waals surface area contributed by atoms with Crippen molar-refractivity contribution in [3.63, 3.8) is 0 Å². The second-order valence-electron chi connectivity index (χ2n) is 4.72. The first kappa shape index (κ1) is 20.1. The summed E-state index contributed by atoms with van der Waals surface area (Å²) >= 11 is 0. The quantitative estimate of drug-likeness (QED) is 0.430. The molecule has 2 rings (SSSR count). The molecule has 0 aliphatic rings. The number of nitrogens with zero attached hydrogens (tertiary/aromatic N) is 2. The molecule has 2 aromatic carbocycles. The van der Waals surface area contributed by atoms with Crippen molar-refractivity contribution in [2.45, 2.75) is 27.4 Å². The Kier molecular flexibility index (Phi) is 8.05. The number of halogens is 1. The second kappa shape index (κ2) is 10.0. The highest BCUT2D eigenvalue weighted by molar-refractivity contribution is 5.98. The first-order valence-corrected chi connectivity index (χ1v) is 7.75. The maximum atomic E-state index is 13.6. The molecule has 0 aliphatic carbocycles. The molecular formula is C18H21FN2O4. The summed E-state index contributed by atoms with van der Waals surface area (Å²) in [4.78, 5) is 15.3. The number of oxime groups is 1. The zero-order valence-corrected chi connectivity index (χ0v) is 14.7. The molecule has 0 fully saturated rings.